The van der Waals surface area contributed by atoms with Crippen molar-refractivity contribution in [2.24, 2.45) is 0 Å². The molecule has 0 aliphatic rings. The number of amides is 1. The zero-order valence-electron chi connectivity index (χ0n) is 6.70. The fourth-order valence-electron chi connectivity index (χ4n) is 0.941. The SMILES string of the molecule is CNC(=O)c1ccccc1C=O. The van der Waals surface area contributed by atoms with Crippen LogP contribution in [0.3, 0.4) is 0 Å². The highest BCUT2D eigenvalue weighted by Crippen LogP contribution is 2.04. The number of carbonyl (C=O) groups excluding carboxylic acids is 2. The zero-order valence-corrected chi connectivity index (χ0v) is 6.70. The Morgan fingerprint density at radius 3 is 2.67 bits per heavy atom. The van der Waals surface area contributed by atoms with Gasteiger partial charge >= 0.3 is 0 Å². The quantitative estimate of drug-likeness (QED) is 0.657. The summed E-state index contributed by atoms with van der Waals surface area (Å²) >= 11 is 0. The van der Waals surface area contributed by atoms with Gasteiger partial charge in [-0.3, -0.25) is 9.59 Å². The van der Waals surface area contributed by atoms with Crippen molar-refractivity contribution in [3.05, 3.63) is 35.4 Å². The molecule has 62 valence electrons. The molecule has 1 rings (SSSR count). The molecule has 0 aromatic heterocycles. The molecule has 0 saturated heterocycles. The van der Waals surface area contributed by atoms with Gasteiger partial charge in [0.1, 0.15) is 0 Å². The molecular formula is C9H9NO2. The lowest BCUT2D eigenvalue weighted by Crippen LogP contribution is -2.19. The Labute approximate surface area is 70.4 Å². The summed E-state index contributed by atoms with van der Waals surface area (Å²) in [5.41, 5.74) is 0.826. The van der Waals surface area contributed by atoms with Gasteiger partial charge in [-0.05, 0) is 6.07 Å². The van der Waals surface area contributed by atoms with Crippen molar-refractivity contribution in [3.8, 4) is 0 Å². The molecule has 1 amide bonds. The molecule has 3 nitrogen and oxygen atoms in total. The van der Waals surface area contributed by atoms with E-state index in [1.165, 1.54) is 7.05 Å². The van der Waals surface area contributed by atoms with Crippen LogP contribution in [0.4, 0.5) is 0 Å². The maximum absolute atomic E-state index is 11.1. The number of carbonyl (C=O) groups is 2. The molecule has 0 radical (unpaired) electrons. The molecule has 0 aliphatic heterocycles. The van der Waals surface area contributed by atoms with E-state index >= 15 is 0 Å². The Bertz CT molecular complexity index is 307. The van der Waals surface area contributed by atoms with E-state index in [-0.39, 0.29) is 5.91 Å². The minimum absolute atomic E-state index is 0.238. The Morgan fingerprint density at radius 2 is 2.08 bits per heavy atom. The molecular weight excluding hydrogens is 154 g/mol. The highest BCUT2D eigenvalue weighted by molar-refractivity contribution is 6.01. The maximum atomic E-state index is 11.1. The van der Waals surface area contributed by atoms with Gasteiger partial charge in [0.2, 0.25) is 0 Å². The van der Waals surface area contributed by atoms with Crippen LogP contribution in [0.25, 0.3) is 0 Å². The van der Waals surface area contributed by atoms with E-state index in [1.54, 1.807) is 24.3 Å². The molecule has 3 heteroatoms. The lowest BCUT2D eigenvalue weighted by molar-refractivity contribution is 0.0957. The van der Waals surface area contributed by atoms with Gasteiger partial charge in [-0.25, -0.2) is 0 Å². The second kappa shape index (κ2) is 3.67. The summed E-state index contributed by atoms with van der Waals surface area (Å²) in [6.07, 6.45) is 0.671. The van der Waals surface area contributed by atoms with Gasteiger partial charge in [-0.15, -0.1) is 0 Å². The lowest BCUT2D eigenvalue weighted by Gasteiger charge is -2.00. The number of benzene rings is 1. The Morgan fingerprint density at radius 1 is 1.42 bits per heavy atom. The third kappa shape index (κ3) is 1.50. The van der Waals surface area contributed by atoms with Gasteiger partial charge in [0.25, 0.3) is 5.91 Å². The molecule has 0 saturated carbocycles. The summed E-state index contributed by atoms with van der Waals surface area (Å²) < 4.78 is 0. The number of aldehydes is 1. The molecule has 0 spiro atoms. The predicted octanol–water partition coefficient (Wildman–Crippen LogP) is 0.859. The Hall–Kier alpha value is -1.64. The number of rotatable bonds is 2. The minimum Gasteiger partial charge on any atom is -0.355 e. The average molecular weight is 163 g/mol. The van der Waals surface area contributed by atoms with E-state index in [0.29, 0.717) is 17.4 Å². The van der Waals surface area contributed by atoms with E-state index < -0.39 is 0 Å². The number of nitrogens with one attached hydrogen (secondary N) is 1. The third-order valence-electron chi connectivity index (χ3n) is 1.56. The van der Waals surface area contributed by atoms with Gasteiger partial charge < -0.3 is 5.32 Å². The van der Waals surface area contributed by atoms with Crippen molar-refractivity contribution in [2.75, 3.05) is 7.05 Å². The van der Waals surface area contributed by atoms with E-state index in [1.807, 2.05) is 0 Å². The normalized spacial score (nSPS) is 9.08. The van der Waals surface area contributed by atoms with E-state index in [0.717, 1.165) is 0 Å². The Balaban J connectivity index is 3.13. The molecule has 0 bridgehead atoms. The summed E-state index contributed by atoms with van der Waals surface area (Å²) in [6.45, 7) is 0. The van der Waals surface area contributed by atoms with Crippen molar-refractivity contribution in [2.45, 2.75) is 0 Å². The fourth-order valence-corrected chi connectivity index (χ4v) is 0.941. The van der Waals surface area contributed by atoms with Crippen LogP contribution in [-0.4, -0.2) is 19.2 Å². The summed E-state index contributed by atoms with van der Waals surface area (Å²) in [4.78, 5) is 21.6. The highest BCUT2D eigenvalue weighted by atomic mass is 16.1. The van der Waals surface area contributed by atoms with Gasteiger partial charge in [0, 0.05) is 18.2 Å². The first-order valence-electron chi connectivity index (χ1n) is 3.56. The van der Waals surface area contributed by atoms with E-state index in [9.17, 15) is 9.59 Å². The number of hydrogen-bond acceptors (Lipinski definition) is 2. The highest BCUT2D eigenvalue weighted by Gasteiger charge is 2.06. The molecule has 0 fully saturated rings. The molecule has 0 atom stereocenters. The van der Waals surface area contributed by atoms with Crippen molar-refractivity contribution in [1.29, 1.82) is 0 Å². The second-order valence-electron chi connectivity index (χ2n) is 2.28. The zero-order chi connectivity index (χ0) is 8.97. The molecule has 12 heavy (non-hydrogen) atoms. The van der Waals surface area contributed by atoms with E-state index in [2.05, 4.69) is 5.32 Å². The van der Waals surface area contributed by atoms with Crippen LogP contribution in [0.5, 0.6) is 0 Å². The molecule has 1 N–H and O–H groups in total. The first-order chi connectivity index (χ1) is 5.79. The number of hydrogen-bond donors (Lipinski definition) is 1. The summed E-state index contributed by atoms with van der Waals surface area (Å²) in [6, 6.07) is 6.66. The van der Waals surface area contributed by atoms with Crippen LogP contribution in [0.1, 0.15) is 20.7 Å². The molecule has 0 heterocycles. The van der Waals surface area contributed by atoms with E-state index in [4.69, 9.17) is 0 Å². The fraction of sp³-hybridized carbons (Fsp3) is 0.111. The molecule has 1 aromatic carbocycles. The third-order valence-corrected chi connectivity index (χ3v) is 1.56. The van der Waals surface area contributed by atoms with Crippen LogP contribution < -0.4 is 5.32 Å². The van der Waals surface area contributed by atoms with Crippen molar-refractivity contribution < 1.29 is 9.59 Å². The standard InChI is InChI=1S/C9H9NO2/c1-10-9(12)8-5-3-2-4-7(8)6-11/h2-6H,1H3,(H,10,12). The van der Waals surface area contributed by atoms with Gasteiger partial charge in [0.15, 0.2) is 6.29 Å². The van der Waals surface area contributed by atoms with Crippen molar-refractivity contribution in [1.82, 2.24) is 5.32 Å². The van der Waals surface area contributed by atoms with Gasteiger partial charge in [0.05, 0.1) is 0 Å². The van der Waals surface area contributed by atoms with Crippen LogP contribution in [0.2, 0.25) is 0 Å². The first kappa shape index (κ1) is 8.46. The summed E-state index contributed by atoms with van der Waals surface area (Å²) in [7, 11) is 1.53. The maximum Gasteiger partial charge on any atom is 0.251 e. The topological polar surface area (TPSA) is 46.2 Å². The summed E-state index contributed by atoms with van der Waals surface area (Å²) in [5, 5.41) is 2.46. The Kier molecular flexibility index (Phi) is 2.58. The average Bonchev–Trinajstić information content (AvgIpc) is 2.16. The largest absolute Gasteiger partial charge is 0.355 e. The van der Waals surface area contributed by atoms with Crippen molar-refractivity contribution in [3.63, 3.8) is 0 Å². The van der Waals surface area contributed by atoms with Gasteiger partial charge in [-0.2, -0.15) is 0 Å². The summed E-state index contributed by atoms with van der Waals surface area (Å²) in [5.74, 6) is -0.238. The smallest absolute Gasteiger partial charge is 0.251 e. The molecule has 0 unspecified atom stereocenters. The predicted molar refractivity (Wildman–Crippen MR) is 45.2 cm³/mol. The first-order valence-corrected chi connectivity index (χ1v) is 3.56. The van der Waals surface area contributed by atoms with Crippen LogP contribution in [-0.2, 0) is 0 Å². The van der Waals surface area contributed by atoms with Crippen LogP contribution in [0.15, 0.2) is 24.3 Å². The molecule has 0 aliphatic carbocycles. The monoisotopic (exact) mass is 163 g/mol. The van der Waals surface area contributed by atoms with Gasteiger partial charge in [-0.1, -0.05) is 18.2 Å². The van der Waals surface area contributed by atoms with Crippen molar-refractivity contribution >= 4 is 12.2 Å². The second-order valence-corrected chi connectivity index (χ2v) is 2.28. The minimum atomic E-state index is -0.238. The van der Waals surface area contributed by atoms with Crippen LogP contribution in [0, 0.1) is 0 Å². The molecule has 1 aromatic rings. The van der Waals surface area contributed by atoms with Crippen LogP contribution >= 0.6 is 0 Å². The lowest BCUT2D eigenvalue weighted by atomic mass is 10.1.